The maximum absolute atomic E-state index is 12.7. The molecule has 0 bridgehead atoms. The summed E-state index contributed by atoms with van der Waals surface area (Å²) in [7, 11) is 2.04. The van der Waals surface area contributed by atoms with Crippen LogP contribution < -0.4 is 5.32 Å². The van der Waals surface area contributed by atoms with E-state index in [-0.39, 0.29) is 22.9 Å². The minimum absolute atomic E-state index is 0.101. The largest absolute Gasteiger partial charge is 0.490 e. The van der Waals surface area contributed by atoms with Crippen LogP contribution in [0.25, 0.3) is 0 Å². The molecule has 2 aromatic heterocycles. The standard InChI is InChI=1S/C19H26N6O3.C2HF3O2/c1-18(2,3)20-16(26)15-22-21-14-10-23(4)19(12-25(14)15)7-8-24(11-19)17(27)13-6-5-9-28-13;3-2(4,5)1(6)7/h5-6,9H,7-8,10-12H2,1-4H3,(H,20,26);(H,6,7). The minimum Gasteiger partial charge on any atom is -0.475 e. The number of furan rings is 1. The molecule has 2 amide bonds. The number of halogens is 3. The highest BCUT2D eigenvalue weighted by molar-refractivity contribution is 5.92. The van der Waals surface area contributed by atoms with Crippen LogP contribution in [-0.4, -0.2) is 84.8 Å². The number of likely N-dealkylation sites (tertiary alicyclic amines) is 1. The molecular weight excluding hydrogens is 473 g/mol. The highest BCUT2D eigenvalue weighted by atomic mass is 19.4. The van der Waals surface area contributed by atoms with Crippen LogP contribution in [0.2, 0.25) is 0 Å². The molecule has 0 radical (unpaired) electrons. The lowest BCUT2D eigenvalue weighted by molar-refractivity contribution is -0.192. The molecule has 192 valence electrons. The molecule has 2 aliphatic rings. The lowest BCUT2D eigenvalue weighted by atomic mass is 9.94. The van der Waals surface area contributed by atoms with E-state index in [1.165, 1.54) is 6.26 Å². The first-order chi connectivity index (χ1) is 16.1. The molecule has 14 heteroatoms. The predicted octanol–water partition coefficient (Wildman–Crippen LogP) is 1.76. The zero-order valence-corrected chi connectivity index (χ0v) is 19.7. The van der Waals surface area contributed by atoms with Crippen molar-refractivity contribution >= 4 is 17.8 Å². The van der Waals surface area contributed by atoms with Crippen LogP contribution in [0.1, 0.15) is 54.2 Å². The van der Waals surface area contributed by atoms with Gasteiger partial charge in [-0.2, -0.15) is 13.2 Å². The van der Waals surface area contributed by atoms with Crippen LogP contribution in [0.5, 0.6) is 0 Å². The Hall–Kier alpha value is -3.42. The van der Waals surface area contributed by atoms with E-state index in [1.807, 2.05) is 37.3 Å². The molecule has 2 N–H and O–H groups in total. The Balaban J connectivity index is 0.000000429. The van der Waals surface area contributed by atoms with Gasteiger partial charge in [0.2, 0.25) is 5.82 Å². The molecule has 0 aromatic carbocycles. The number of carboxylic acids is 1. The quantitative estimate of drug-likeness (QED) is 0.637. The second kappa shape index (κ2) is 9.32. The van der Waals surface area contributed by atoms with Crippen molar-refractivity contribution in [2.24, 2.45) is 0 Å². The lowest BCUT2D eigenvalue weighted by Crippen LogP contribution is -2.55. The monoisotopic (exact) mass is 500 g/mol. The maximum atomic E-state index is 12.7. The van der Waals surface area contributed by atoms with Crippen LogP contribution in [0.4, 0.5) is 13.2 Å². The van der Waals surface area contributed by atoms with E-state index >= 15 is 0 Å². The van der Waals surface area contributed by atoms with Gasteiger partial charge in [-0.05, 0) is 46.4 Å². The summed E-state index contributed by atoms with van der Waals surface area (Å²) in [4.78, 5) is 38.3. The number of aromatic nitrogens is 3. The molecule has 1 fully saturated rings. The number of aliphatic carboxylic acids is 1. The first-order valence-electron chi connectivity index (χ1n) is 10.7. The minimum atomic E-state index is -5.08. The highest BCUT2D eigenvalue weighted by Gasteiger charge is 2.47. The first-order valence-corrected chi connectivity index (χ1v) is 10.7. The van der Waals surface area contributed by atoms with E-state index in [0.29, 0.717) is 37.8 Å². The smallest absolute Gasteiger partial charge is 0.475 e. The number of amides is 2. The van der Waals surface area contributed by atoms with Gasteiger partial charge in [-0.1, -0.05) is 0 Å². The summed E-state index contributed by atoms with van der Waals surface area (Å²) in [5.41, 5.74) is -0.610. The molecule has 0 aliphatic carbocycles. The average Bonchev–Trinajstić information content (AvgIpc) is 3.47. The fraction of sp³-hybridized carbons (Fsp3) is 0.571. The van der Waals surface area contributed by atoms with E-state index in [0.717, 1.165) is 12.2 Å². The van der Waals surface area contributed by atoms with Crippen molar-refractivity contribution in [1.82, 2.24) is 29.9 Å². The van der Waals surface area contributed by atoms with Crippen LogP contribution in [0.15, 0.2) is 22.8 Å². The van der Waals surface area contributed by atoms with Crippen LogP contribution in [0.3, 0.4) is 0 Å². The number of carboxylic acid groups (broad SMARTS) is 1. The molecule has 1 unspecified atom stereocenters. The number of rotatable bonds is 2. The number of carbonyl (C=O) groups is 3. The Kier molecular flexibility index (Phi) is 6.97. The zero-order valence-electron chi connectivity index (χ0n) is 19.7. The maximum Gasteiger partial charge on any atom is 0.490 e. The molecular formula is C21H27F3N6O5. The average molecular weight is 500 g/mol. The van der Waals surface area contributed by atoms with Crippen molar-refractivity contribution in [2.45, 2.75) is 57.5 Å². The first kappa shape index (κ1) is 26.2. The van der Waals surface area contributed by atoms with Gasteiger partial charge in [0.25, 0.3) is 11.8 Å². The summed E-state index contributed by atoms with van der Waals surface area (Å²) in [6.45, 7) is 8.17. The summed E-state index contributed by atoms with van der Waals surface area (Å²) >= 11 is 0. The van der Waals surface area contributed by atoms with Crippen molar-refractivity contribution in [3.8, 4) is 0 Å². The zero-order chi connectivity index (χ0) is 26.2. The van der Waals surface area contributed by atoms with Gasteiger partial charge in [0, 0.05) is 25.2 Å². The Morgan fingerprint density at radius 2 is 1.83 bits per heavy atom. The number of nitrogens with one attached hydrogen (secondary N) is 1. The number of hydrogen-bond donors (Lipinski definition) is 2. The SMILES string of the molecule is CN1Cc2nnc(C(=O)NC(C)(C)C)n2CC12CCN(C(=O)c1ccco1)C2.O=C(O)C(F)(F)F. The van der Waals surface area contributed by atoms with E-state index in [2.05, 4.69) is 20.4 Å². The van der Waals surface area contributed by atoms with Crippen LogP contribution >= 0.6 is 0 Å². The molecule has 35 heavy (non-hydrogen) atoms. The van der Waals surface area contributed by atoms with Crippen molar-refractivity contribution in [3.05, 3.63) is 35.8 Å². The van der Waals surface area contributed by atoms with Gasteiger partial charge in [0.05, 0.1) is 18.3 Å². The molecule has 4 rings (SSSR count). The molecule has 1 saturated heterocycles. The summed E-state index contributed by atoms with van der Waals surface area (Å²) in [5.74, 6) is -1.64. The van der Waals surface area contributed by atoms with Crippen LogP contribution in [0, 0.1) is 0 Å². The number of alkyl halides is 3. The van der Waals surface area contributed by atoms with Gasteiger partial charge in [-0.25, -0.2) is 4.79 Å². The van der Waals surface area contributed by atoms with Crippen molar-refractivity contribution in [2.75, 3.05) is 20.1 Å². The van der Waals surface area contributed by atoms with Crippen LogP contribution in [-0.2, 0) is 17.9 Å². The molecule has 4 heterocycles. The number of carbonyl (C=O) groups excluding carboxylic acids is 2. The topological polar surface area (TPSA) is 134 Å². The van der Waals surface area contributed by atoms with Gasteiger partial charge < -0.3 is 24.3 Å². The third kappa shape index (κ3) is 5.81. The second-order valence-corrected chi connectivity index (χ2v) is 9.57. The highest BCUT2D eigenvalue weighted by Crippen LogP contribution is 2.34. The summed E-state index contributed by atoms with van der Waals surface area (Å²) < 4.78 is 38.9. The summed E-state index contributed by atoms with van der Waals surface area (Å²) in [6.07, 6.45) is -2.76. The molecule has 2 aromatic rings. The number of hydrogen-bond acceptors (Lipinski definition) is 7. The van der Waals surface area contributed by atoms with Crippen molar-refractivity contribution < 1.29 is 37.1 Å². The fourth-order valence-corrected chi connectivity index (χ4v) is 4.00. The lowest BCUT2D eigenvalue weighted by Gasteiger charge is -2.42. The molecule has 1 spiro atoms. The Bertz CT molecular complexity index is 1090. The van der Waals surface area contributed by atoms with E-state index < -0.39 is 12.1 Å². The molecule has 11 nitrogen and oxygen atoms in total. The van der Waals surface area contributed by atoms with E-state index in [9.17, 15) is 22.8 Å². The Morgan fingerprint density at radius 1 is 1.17 bits per heavy atom. The summed E-state index contributed by atoms with van der Waals surface area (Å²) in [5, 5.41) is 18.4. The second-order valence-electron chi connectivity index (χ2n) is 9.57. The fourth-order valence-electron chi connectivity index (χ4n) is 4.00. The number of nitrogens with zero attached hydrogens (tertiary/aromatic N) is 5. The van der Waals surface area contributed by atoms with Gasteiger partial charge in [-0.3, -0.25) is 14.5 Å². The van der Waals surface area contributed by atoms with Gasteiger partial charge in [0.1, 0.15) is 5.82 Å². The third-order valence-electron chi connectivity index (χ3n) is 5.75. The molecule has 2 aliphatic heterocycles. The Morgan fingerprint density at radius 3 is 2.37 bits per heavy atom. The number of fused-ring (bicyclic) bond motifs is 1. The van der Waals surface area contributed by atoms with Gasteiger partial charge in [-0.15, -0.1) is 10.2 Å². The van der Waals surface area contributed by atoms with E-state index in [4.69, 9.17) is 14.3 Å². The third-order valence-corrected chi connectivity index (χ3v) is 5.75. The predicted molar refractivity (Wildman–Crippen MR) is 114 cm³/mol. The summed E-state index contributed by atoms with van der Waals surface area (Å²) in [6, 6.07) is 3.40. The van der Waals surface area contributed by atoms with Gasteiger partial charge >= 0.3 is 12.1 Å². The Labute approximate surface area is 198 Å². The number of likely N-dealkylation sites (N-methyl/N-ethyl adjacent to an activating group) is 1. The van der Waals surface area contributed by atoms with Crippen molar-refractivity contribution in [3.63, 3.8) is 0 Å². The molecule has 0 saturated carbocycles. The van der Waals surface area contributed by atoms with Crippen molar-refractivity contribution in [1.29, 1.82) is 0 Å². The molecule has 1 atom stereocenters. The van der Waals surface area contributed by atoms with E-state index in [1.54, 1.807) is 12.1 Å². The normalized spacial score (nSPS) is 20.3. The van der Waals surface area contributed by atoms with Gasteiger partial charge in [0.15, 0.2) is 5.76 Å².